The Morgan fingerprint density at radius 1 is 1.50 bits per heavy atom. The number of rotatable bonds is 7. The number of nitrogens with one attached hydrogen (secondary N) is 1. The van der Waals surface area contributed by atoms with Crippen molar-refractivity contribution in [1.29, 1.82) is 0 Å². The van der Waals surface area contributed by atoms with Crippen LogP contribution in [0.4, 0.5) is 0 Å². The Morgan fingerprint density at radius 3 is 2.67 bits per heavy atom. The molecule has 1 aliphatic heterocycles. The molecule has 6 nitrogen and oxygen atoms in total. The molecule has 1 fully saturated rings. The Balaban J connectivity index is 2.71. The van der Waals surface area contributed by atoms with Crippen LogP contribution < -0.4 is 5.32 Å². The summed E-state index contributed by atoms with van der Waals surface area (Å²) in [5.74, 6) is -0.820. The number of carbonyl (C=O) groups is 1. The fourth-order valence-corrected chi connectivity index (χ4v) is 2.96. The van der Waals surface area contributed by atoms with Crippen LogP contribution >= 0.6 is 0 Å². The zero-order valence-corrected chi connectivity index (χ0v) is 11.1. The van der Waals surface area contributed by atoms with Crippen molar-refractivity contribution in [3.8, 4) is 0 Å². The molecule has 7 heteroatoms. The van der Waals surface area contributed by atoms with Gasteiger partial charge < -0.3 is 25.4 Å². The van der Waals surface area contributed by atoms with Crippen LogP contribution in [-0.2, 0) is 4.79 Å². The topological polar surface area (TPSA) is 93.0 Å². The molecule has 2 atom stereocenters. The van der Waals surface area contributed by atoms with Gasteiger partial charge in [0.15, 0.2) is 0 Å². The molecule has 0 unspecified atom stereocenters. The average molecular weight is 258 g/mol. The largest absolute Gasteiger partial charge is 0.480 e. The third-order valence-electron chi connectivity index (χ3n) is 3.60. The highest BCUT2D eigenvalue weighted by Crippen LogP contribution is 2.37. The minimum atomic E-state index is -1.31. The minimum absolute atomic E-state index is 0.293. The van der Waals surface area contributed by atoms with Gasteiger partial charge in [-0.1, -0.05) is 6.42 Å². The second-order valence-corrected chi connectivity index (χ2v) is 5.45. The van der Waals surface area contributed by atoms with E-state index in [1.807, 2.05) is 19.0 Å². The Bertz CT molecular complexity index is 288. The summed E-state index contributed by atoms with van der Waals surface area (Å²) in [6.45, 7) is 1.39. The van der Waals surface area contributed by atoms with Crippen LogP contribution in [-0.4, -0.2) is 66.4 Å². The second-order valence-electron chi connectivity index (χ2n) is 5.45. The van der Waals surface area contributed by atoms with Crippen molar-refractivity contribution < 1.29 is 19.9 Å². The first-order valence-electron chi connectivity index (χ1n) is 6.34. The zero-order valence-electron chi connectivity index (χ0n) is 11.1. The fourth-order valence-electron chi connectivity index (χ4n) is 2.96. The van der Waals surface area contributed by atoms with Crippen LogP contribution in [0.25, 0.3) is 0 Å². The lowest BCUT2D eigenvalue weighted by atomic mass is 9.72. The molecule has 18 heavy (non-hydrogen) atoms. The van der Waals surface area contributed by atoms with E-state index in [9.17, 15) is 9.90 Å². The summed E-state index contributed by atoms with van der Waals surface area (Å²) in [5, 5.41) is 30.1. The van der Waals surface area contributed by atoms with E-state index in [0.29, 0.717) is 32.3 Å². The Morgan fingerprint density at radius 2 is 2.17 bits per heavy atom. The standard InChI is InChI=1S/C11H23BN2O4/c1-14(2)8-11(4-3-6-12(17)18)5-7-13-9(11)10(15)16/h9,13,17-18H,3-8H2,1-2H3,(H,15,16)/t9-,11-/m1/s1. The molecule has 1 heterocycles. The Labute approximate surface area is 108 Å². The molecular formula is C11H23BN2O4. The number of nitrogens with zero attached hydrogens (tertiary/aromatic N) is 1. The van der Waals surface area contributed by atoms with Gasteiger partial charge in [0.25, 0.3) is 0 Å². The average Bonchev–Trinajstić information content (AvgIpc) is 2.60. The summed E-state index contributed by atoms with van der Waals surface area (Å²) in [7, 11) is 2.55. The number of carboxylic acids is 1. The first-order chi connectivity index (χ1) is 8.37. The summed E-state index contributed by atoms with van der Waals surface area (Å²) in [4.78, 5) is 13.3. The molecule has 0 aromatic heterocycles. The maximum atomic E-state index is 11.3. The van der Waals surface area contributed by atoms with Gasteiger partial charge in [0.2, 0.25) is 0 Å². The zero-order chi connectivity index (χ0) is 13.8. The van der Waals surface area contributed by atoms with E-state index in [4.69, 9.17) is 10.0 Å². The molecule has 1 rings (SSSR count). The normalized spacial score (nSPS) is 27.7. The van der Waals surface area contributed by atoms with E-state index in [2.05, 4.69) is 5.32 Å². The lowest BCUT2D eigenvalue weighted by Gasteiger charge is -2.35. The molecule has 4 N–H and O–H groups in total. The van der Waals surface area contributed by atoms with Crippen LogP contribution in [0.3, 0.4) is 0 Å². The van der Waals surface area contributed by atoms with Gasteiger partial charge in [0.05, 0.1) is 0 Å². The fraction of sp³-hybridized carbons (Fsp3) is 0.909. The van der Waals surface area contributed by atoms with E-state index >= 15 is 0 Å². The van der Waals surface area contributed by atoms with E-state index in [1.165, 1.54) is 0 Å². The molecule has 0 aliphatic carbocycles. The first-order valence-corrected chi connectivity index (χ1v) is 6.34. The molecule has 0 spiro atoms. The van der Waals surface area contributed by atoms with Crippen molar-refractivity contribution in [3.05, 3.63) is 0 Å². The molecule has 0 saturated carbocycles. The molecule has 0 bridgehead atoms. The first kappa shape index (κ1) is 15.4. The van der Waals surface area contributed by atoms with Crippen LogP contribution in [0.5, 0.6) is 0 Å². The van der Waals surface area contributed by atoms with Crippen molar-refractivity contribution in [3.63, 3.8) is 0 Å². The molecular weight excluding hydrogens is 235 g/mol. The predicted molar refractivity (Wildman–Crippen MR) is 69.3 cm³/mol. The van der Waals surface area contributed by atoms with Crippen LogP contribution in [0.15, 0.2) is 0 Å². The van der Waals surface area contributed by atoms with Crippen molar-refractivity contribution in [2.45, 2.75) is 31.6 Å². The summed E-state index contributed by atoms with van der Waals surface area (Å²) >= 11 is 0. The molecule has 1 aliphatic rings. The monoisotopic (exact) mass is 258 g/mol. The van der Waals surface area contributed by atoms with Gasteiger partial charge >= 0.3 is 13.1 Å². The molecule has 0 aromatic carbocycles. The van der Waals surface area contributed by atoms with Crippen molar-refractivity contribution in [1.82, 2.24) is 10.2 Å². The van der Waals surface area contributed by atoms with E-state index in [-0.39, 0.29) is 5.41 Å². The van der Waals surface area contributed by atoms with Crippen molar-refractivity contribution >= 4 is 13.1 Å². The van der Waals surface area contributed by atoms with Crippen LogP contribution in [0, 0.1) is 5.41 Å². The van der Waals surface area contributed by atoms with Crippen molar-refractivity contribution in [2.24, 2.45) is 5.41 Å². The van der Waals surface area contributed by atoms with Crippen LogP contribution in [0.2, 0.25) is 6.32 Å². The van der Waals surface area contributed by atoms with Crippen molar-refractivity contribution in [2.75, 3.05) is 27.2 Å². The smallest absolute Gasteiger partial charge is 0.451 e. The third kappa shape index (κ3) is 3.95. The summed E-state index contributed by atoms with van der Waals surface area (Å²) in [5.41, 5.74) is -0.315. The molecule has 1 saturated heterocycles. The summed E-state index contributed by atoms with van der Waals surface area (Å²) in [6.07, 6.45) is 2.41. The highest BCUT2D eigenvalue weighted by atomic mass is 16.4. The summed E-state index contributed by atoms with van der Waals surface area (Å²) < 4.78 is 0. The molecule has 0 aromatic rings. The number of hydrogen-bond acceptors (Lipinski definition) is 5. The lowest BCUT2D eigenvalue weighted by molar-refractivity contribution is -0.142. The van der Waals surface area contributed by atoms with Crippen LogP contribution in [0.1, 0.15) is 19.3 Å². The number of hydrogen-bond donors (Lipinski definition) is 4. The maximum absolute atomic E-state index is 11.3. The SMILES string of the molecule is CN(C)C[C@@]1(CCCB(O)O)CCN[C@@H]1C(=O)O. The van der Waals surface area contributed by atoms with E-state index in [1.54, 1.807) is 0 Å². The Kier molecular flexibility index (Phi) is 5.59. The molecule has 0 radical (unpaired) electrons. The van der Waals surface area contributed by atoms with Gasteiger partial charge in [0, 0.05) is 12.0 Å². The van der Waals surface area contributed by atoms with Gasteiger partial charge in [-0.05, 0) is 39.8 Å². The van der Waals surface area contributed by atoms with Gasteiger partial charge in [-0.3, -0.25) is 4.79 Å². The quantitative estimate of drug-likeness (QED) is 0.448. The number of carboxylic acid groups (broad SMARTS) is 1. The third-order valence-corrected chi connectivity index (χ3v) is 3.60. The minimum Gasteiger partial charge on any atom is -0.480 e. The van der Waals surface area contributed by atoms with Gasteiger partial charge in [-0.15, -0.1) is 0 Å². The van der Waals surface area contributed by atoms with E-state index < -0.39 is 19.1 Å². The maximum Gasteiger partial charge on any atom is 0.451 e. The van der Waals surface area contributed by atoms with Gasteiger partial charge in [-0.25, -0.2) is 0 Å². The highest BCUT2D eigenvalue weighted by Gasteiger charge is 2.46. The molecule has 0 amide bonds. The van der Waals surface area contributed by atoms with Gasteiger partial charge in [-0.2, -0.15) is 0 Å². The predicted octanol–water partition coefficient (Wildman–Crippen LogP) is -0.766. The van der Waals surface area contributed by atoms with Gasteiger partial charge in [0.1, 0.15) is 6.04 Å². The molecule has 104 valence electrons. The highest BCUT2D eigenvalue weighted by molar-refractivity contribution is 6.40. The van der Waals surface area contributed by atoms with E-state index in [0.717, 1.165) is 6.42 Å². The summed E-state index contributed by atoms with van der Waals surface area (Å²) in [6, 6.07) is -0.546. The second kappa shape index (κ2) is 6.52. The number of aliphatic carboxylic acids is 1. The lowest BCUT2D eigenvalue weighted by Crippen LogP contribution is -2.48. The Hall–Kier alpha value is -0.625.